The molecular weight excluding hydrogens is 270 g/mol. The molecule has 0 amide bonds. The van der Waals surface area contributed by atoms with Crippen molar-refractivity contribution >= 4 is 21.7 Å². The topological polar surface area (TPSA) is 51.4 Å². The zero-order chi connectivity index (χ0) is 11.5. The Kier molecular flexibility index (Phi) is 3.78. The molecule has 2 atom stereocenters. The van der Waals surface area contributed by atoms with Crippen LogP contribution in [0.4, 0.5) is 5.82 Å². The third-order valence-electron chi connectivity index (χ3n) is 2.78. The van der Waals surface area contributed by atoms with Gasteiger partial charge in [0.25, 0.3) is 0 Å². The summed E-state index contributed by atoms with van der Waals surface area (Å²) in [6.45, 7) is 4.18. The first-order valence-corrected chi connectivity index (χ1v) is 6.20. The van der Waals surface area contributed by atoms with Gasteiger partial charge in [0.1, 0.15) is 5.82 Å². The number of pyridine rings is 1. The van der Waals surface area contributed by atoms with Crippen LogP contribution in [0.15, 0.2) is 22.8 Å². The molecule has 16 heavy (non-hydrogen) atoms. The van der Waals surface area contributed by atoms with E-state index in [-0.39, 0.29) is 6.10 Å². The molecule has 4 nitrogen and oxygen atoms in total. The number of hydrogen-bond donors (Lipinski definition) is 1. The molecule has 1 fully saturated rings. The van der Waals surface area contributed by atoms with E-state index in [0.29, 0.717) is 19.2 Å². The molecule has 88 valence electrons. The maximum Gasteiger partial charge on any atom is 0.143 e. The minimum absolute atomic E-state index is 0.102. The average Bonchev–Trinajstić information content (AvgIpc) is 2.31. The summed E-state index contributed by atoms with van der Waals surface area (Å²) >= 11 is 3.52. The van der Waals surface area contributed by atoms with Crippen LogP contribution in [-0.2, 0) is 4.74 Å². The van der Waals surface area contributed by atoms with E-state index in [2.05, 4.69) is 32.7 Å². The van der Waals surface area contributed by atoms with Crippen molar-refractivity contribution in [2.45, 2.75) is 19.1 Å². The predicted octanol–water partition coefficient (Wildman–Crippen LogP) is 1.40. The summed E-state index contributed by atoms with van der Waals surface area (Å²) in [5.41, 5.74) is 5.64. The van der Waals surface area contributed by atoms with E-state index < -0.39 is 0 Å². The third kappa shape index (κ3) is 2.36. The molecule has 1 saturated heterocycles. The lowest BCUT2D eigenvalue weighted by Crippen LogP contribution is -2.51. The lowest BCUT2D eigenvalue weighted by Gasteiger charge is -2.38. The van der Waals surface area contributed by atoms with Crippen LogP contribution in [0.3, 0.4) is 0 Å². The second-order valence-electron chi connectivity index (χ2n) is 4.00. The first-order valence-electron chi connectivity index (χ1n) is 5.41. The van der Waals surface area contributed by atoms with Crippen molar-refractivity contribution in [1.29, 1.82) is 0 Å². The van der Waals surface area contributed by atoms with Crippen molar-refractivity contribution in [3.63, 3.8) is 0 Å². The maximum atomic E-state index is 5.64. The summed E-state index contributed by atoms with van der Waals surface area (Å²) in [4.78, 5) is 6.64. The van der Waals surface area contributed by atoms with Crippen LogP contribution >= 0.6 is 15.9 Å². The molecule has 0 aromatic carbocycles. The van der Waals surface area contributed by atoms with Crippen LogP contribution in [0.5, 0.6) is 0 Å². The number of nitrogens with zero attached hydrogens (tertiary/aromatic N) is 2. The van der Waals surface area contributed by atoms with Gasteiger partial charge in [-0.15, -0.1) is 0 Å². The molecule has 1 aliphatic rings. The molecule has 2 N–H and O–H groups in total. The van der Waals surface area contributed by atoms with Gasteiger partial charge >= 0.3 is 0 Å². The Bertz CT molecular complexity index is 361. The summed E-state index contributed by atoms with van der Waals surface area (Å²) < 4.78 is 6.63. The summed E-state index contributed by atoms with van der Waals surface area (Å²) in [6, 6.07) is 4.25. The third-order valence-corrected chi connectivity index (χ3v) is 3.40. The lowest BCUT2D eigenvalue weighted by molar-refractivity contribution is 0.0279. The van der Waals surface area contributed by atoms with Crippen molar-refractivity contribution in [2.75, 3.05) is 24.6 Å². The summed E-state index contributed by atoms with van der Waals surface area (Å²) in [6.07, 6.45) is 1.91. The molecule has 2 unspecified atom stereocenters. The summed E-state index contributed by atoms with van der Waals surface area (Å²) in [5, 5.41) is 0. The minimum atomic E-state index is 0.102. The van der Waals surface area contributed by atoms with Gasteiger partial charge in [0, 0.05) is 19.3 Å². The monoisotopic (exact) mass is 285 g/mol. The van der Waals surface area contributed by atoms with Gasteiger partial charge in [0.15, 0.2) is 0 Å². The maximum absolute atomic E-state index is 5.64. The van der Waals surface area contributed by atoms with E-state index in [9.17, 15) is 0 Å². The molecule has 1 aromatic rings. The first kappa shape index (κ1) is 11.8. The zero-order valence-corrected chi connectivity index (χ0v) is 10.9. The Morgan fingerprint density at radius 3 is 3.19 bits per heavy atom. The van der Waals surface area contributed by atoms with Gasteiger partial charge < -0.3 is 15.4 Å². The molecule has 2 rings (SSSR count). The van der Waals surface area contributed by atoms with Gasteiger partial charge in [-0.2, -0.15) is 0 Å². The fraction of sp³-hybridized carbons (Fsp3) is 0.545. The second-order valence-corrected chi connectivity index (χ2v) is 4.86. The number of aromatic nitrogens is 1. The molecule has 0 saturated carbocycles. The lowest BCUT2D eigenvalue weighted by atomic mass is 10.2. The molecule has 0 spiro atoms. The molecule has 0 radical (unpaired) electrons. The molecule has 1 aromatic heterocycles. The van der Waals surface area contributed by atoms with Crippen molar-refractivity contribution in [3.8, 4) is 0 Å². The highest BCUT2D eigenvalue weighted by molar-refractivity contribution is 9.10. The fourth-order valence-corrected chi connectivity index (χ4v) is 2.33. The van der Waals surface area contributed by atoms with E-state index in [1.807, 2.05) is 12.1 Å². The van der Waals surface area contributed by atoms with E-state index in [0.717, 1.165) is 16.8 Å². The van der Waals surface area contributed by atoms with Crippen molar-refractivity contribution in [2.24, 2.45) is 5.73 Å². The van der Waals surface area contributed by atoms with E-state index in [4.69, 9.17) is 10.5 Å². The molecule has 2 heterocycles. The Hall–Kier alpha value is -0.650. The number of anilines is 1. The van der Waals surface area contributed by atoms with Gasteiger partial charge in [-0.3, -0.25) is 0 Å². The van der Waals surface area contributed by atoms with E-state index >= 15 is 0 Å². The highest BCUT2D eigenvalue weighted by Gasteiger charge is 2.27. The predicted molar refractivity (Wildman–Crippen MR) is 67.5 cm³/mol. The largest absolute Gasteiger partial charge is 0.373 e. The Morgan fingerprint density at radius 2 is 2.50 bits per heavy atom. The molecular formula is C11H16BrN3O. The van der Waals surface area contributed by atoms with Crippen LogP contribution in [-0.4, -0.2) is 36.8 Å². The van der Waals surface area contributed by atoms with Crippen LogP contribution in [0, 0.1) is 0 Å². The van der Waals surface area contributed by atoms with Crippen LogP contribution in [0.25, 0.3) is 0 Å². The van der Waals surface area contributed by atoms with Gasteiger partial charge in [-0.1, -0.05) is 0 Å². The number of hydrogen-bond acceptors (Lipinski definition) is 4. The summed E-state index contributed by atoms with van der Waals surface area (Å²) in [7, 11) is 0. The van der Waals surface area contributed by atoms with Crippen molar-refractivity contribution in [3.05, 3.63) is 22.8 Å². The average molecular weight is 286 g/mol. The number of rotatable bonds is 2. The van der Waals surface area contributed by atoms with Gasteiger partial charge in [-0.05, 0) is 35.0 Å². The van der Waals surface area contributed by atoms with Gasteiger partial charge in [0.2, 0.25) is 0 Å². The van der Waals surface area contributed by atoms with Crippen LogP contribution < -0.4 is 10.6 Å². The Morgan fingerprint density at radius 1 is 1.69 bits per heavy atom. The zero-order valence-electron chi connectivity index (χ0n) is 9.27. The van der Waals surface area contributed by atoms with Gasteiger partial charge in [-0.25, -0.2) is 4.98 Å². The smallest absolute Gasteiger partial charge is 0.143 e. The molecule has 1 aliphatic heterocycles. The second kappa shape index (κ2) is 5.12. The number of ether oxygens (including phenoxy) is 1. The van der Waals surface area contributed by atoms with Crippen molar-refractivity contribution < 1.29 is 4.74 Å². The quantitative estimate of drug-likeness (QED) is 0.893. The molecule has 0 bridgehead atoms. The first-order chi connectivity index (χ1) is 7.72. The highest BCUT2D eigenvalue weighted by Crippen LogP contribution is 2.26. The highest BCUT2D eigenvalue weighted by atomic mass is 79.9. The van der Waals surface area contributed by atoms with Crippen LogP contribution in [0.2, 0.25) is 0 Å². The number of halogens is 1. The normalized spacial score (nSPS) is 25.8. The van der Waals surface area contributed by atoms with Crippen molar-refractivity contribution in [1.82, 2.24) is 4.98 Å². The SMILES string of the molecule is CC1COC(CN)CN1c1ncccc1Br. The van der Waals surface area contributed by atoms with Gasteiger partial charge in [0.05, 0.1) is 23.2 Å². The number of morpholine rings is 1. The van der Waals surface area contributed by atoms with E-state index in [1.54, 1.807) is 6.20 Å². The fourth-order valence-electron chi connectivity index (χ4n) is 1.84. The van der Waals surface area contributed by atoms with E-state index in [1.165, 1.54) is 0 Å². The standard InChI is InChI=1S/C11H16BrN3O/c1-8-7-16-9(5-13)6-15(8)11-10(12)3-2-4-14-11/h2-4,8-9H,5-7,13H2,1H3. The Labute approximate surface area is 104 Å². The molecule has 5 heteroatoms. The Balaban J connectivity index is 2.21. The summed E-state index contributed by atoms with van der Waals surface area (Å²) in [5.74, 6) is 0.969. The molecule has 0 aliphatic carbocycles. The minimum Gasteiger partial charge on any atom is -0.373 e. The van der Waals surface area contributed by atoms with Crippen LogP contribution in [0.1, 0.15) is 6.92 Å². The number of nitrogens with two attached hydrogens (primary N) is 1.